The standard InChI is InChI=1S/C16H16N2O4/c17-13-6-8-14(9-7-13)18(10-15(19)20)16(21)22-11-12-4-2-1-3-5-12/h1-9H,10-11,17H2,(H,19,20). The number of carbonyl (C=O) groups is 2. The summed E-state index contributed by atoms with van der Waals surface area (Å²) in [6, 6.07) is 15.5. The van der Waals surface area contributed by atoms with Gasteiger partial charge in [0.05, 0.1) is 0 Å². The Balaban J connectivity index is 2.09. The smallest absolute Gasteiger partial charge is 0.415 e. The van der Waals surface area contributed by atoms with Gasteiger partial charge in [-0.25, -0.2) is 4.79 Å². The molecule has 0 heterocycles. The number of nitrogens with zero attached hydrogens (tertiary/aromatic N) is 1. The largest absolute Gasteiger partial charge is 0.480 e. The van der Waals surface area contributed by atoms with Crippen molar-refractivity contribution in [2.75, 3.05) is 17.2 Å². The third-order valence-corrected chi connectivity index (χ3v) is 2.92. The lowest BCUT2D eigenvalue weighted by Crippen LogP contribution is -2.36. The van der Waals surface area contributed by atoms with Crippen LogP contribution in [0.2, 0.25) is 0 Å². The van der Waals surface area contributed by atoms with Crippen molar-refractivity contribution < 1.29 is 19.4 Å². The number of hydrogen-bond donors (Lipinski definition) is 2. The Hall–Kier alpha value is -3.02. The predicted molar refractivity (Wildman–Crippen MR) is 82.5 cm³/mol. The third kappa shape index (κ3) is 4.24. The molecule has 2 aromatic carbocycles. The van der Waals surface area contributed by atoms with Crippen LogP contribution in [-0.4, -0.2) is 23.7 Å². The first-order chi connectivity index (χ1) is 10.6. The molecular formula is C16H16N2O4. The molecule has 0 saturated carbocycles. The molecule has 0 atom stereocenters. The van der Waals surface area contributed by atoms with E-state index in [0.717, 1.165) is 10.5 Å². The van der Waals surface area contributed by atoms with Crippen LogP contribution >= 0.6 is 0 Å². The Kier molecular flexibility index (Phi) is 4.98. The van der Waals surface area contributed by atoms with Crippen molar-refractivity contribution in [1.29, 1.82) is 0 Å². The first-order valence-electron chi connectivity index (χ1n) is 6.62. The van der Waals surface area contributed by atoms with Crippen LogP contribution in [0.3, 0.4) is 0 Å². The lowest BCUT2D eigenvalue weighted by Gasteiger charge is -2.20. The molecule has 3 N–H and O–H groups in total. The summed E-state index contributed by atoms with van der Waals surface area (Å²) in [4.78, 5) is 24.1. The number of nitrogen functional groups attached to an aromatic ring is 1. The first kappa shape index (κ1) is 15.4. The van der Waals surface area contributed by atoms with Crippen molar-refractivity contribution in [3.8, 4) is 0 Å². The number of benzene rings is 2. The molecule has 114 valence electrons. The maximum Gasteiger partial charge on any atom is 0.415 e. The molecule has 2 aromatic rings. The molecule has 0 spiro atoms. The SMILES string of the molecule is Nc1ccc(N(CC(=O)O)C(=O)OCc2ccccc2)cc1. The predicted octanol–water partition coefficient (Wildman–Crippen LogP) is 2.50. The van der Waals surface area contributed by atoms with Crippen molar-refractivity contribution in [3.05, 3.63) is 60.2 Å². The third-order valence-electron chi connectivity index (χ3n) is 2.92. The van der Waals surface area contributed by atoms with Crippen molar-refractivity contribution in [2.45, 2.75) is 6.61 Å². The number of carboxylic acid groups (broad SMARTS) is 1. The molecule has 0 fully saturated rings. The van der Waals surface area contributed by atoms with Crippen LogP contribution in [0, 0.1) is 0 Å². The second-order valence-corrected chi connectivity index (χ2v) is 4.61. The summed E-state index contributed by atoms with van der Waals surface area (Å²) < 4.78 is 5.17. The Morgan fingerprint density at radius 2 is 1.68 bits per heavy atom. The number of aliphatic carboxylic acids is 1. The molecule has 0 aromatic heterocycles. The monoisotopic (exact) mass is 300 g/mol. The van der Waals surface area contributed by atoms with E-state index in [0.29, 0.717) is 11.4 Å². The highest BCUT2D eigenvalue weighted by molar-refractivity contribution is 5.93. The Bertz CT molecular complexity index is 641. The summed E-state index contributed by atoms with van der Waals surface area (Å²) >= 11 is 0. The first-order valence-corrected chi connectivity index (χ1v) is 6.62. The van der Waals surface area contributed by atoms with Gasteiger partial charge in [0.1, 0.15) is 13.2 Å². The van der Waals surface area contributed by atoms with E-state index in [1.807, 2.05) is 30.3 Å². The summed E-state index contributed by atoms with van der Waals surface area (Å²) in [6.07, 6.45) is -0.726. The summed E-state index contributed by atoms with van der Waals surface area (Å²) in [5, 5.41) is 8.96. The summed E-state index contributed by atoms with van der Waals surface area (Å²) in [5.41, 5.74) is 7.35. The van der Waals surface area contributed by atoms with Gasteiger partial charge in [0.2, 0.25) is 0 Å². The second-order valence-electron chi connectivity index (χ2n) is 4.61. The fourth-order valence-electron chi connectivity index (χ4n) is 1.85. The van der Waals surface area contributed by atoms with Crippen LogP contribution in [-0.2, 0) is 16.1 Å². The maximum atomic E-state index is 12.1. The minimum atomic E-state index is -1.13. The number of nitrogens with two attached hydrogens (primary N) is 1. The zero-order chi connectivity index (χ0) is 15.9. The summed E-state index contributed by atoms with van der Waals surface area (Å²) in [6.45, 7) is -0.414. The van der Waals surface area contributed by atoms with E-state index in [-0.39, 0.29) is 6.61 Å². The topological polar surface area (TPSA) is 92.9 Å². The van der Waals surface area contributed by atoms with Gasteiger partial charge in [0, 0.05) is 11.4 Å². The fraction of sp³-hybridized carbons (Fsp3) is 0.125. The van der Waals surface area contributed by atoms with E-state index in [4.69, 9.17) is 15.6 Å². The van der Waals surface area contributed by atoms with Crippen LogP contribution in [0.1, 0.15) is 5.56 Å². The number of amides is 1. The number of ether oxygens (including phenoxy) is 1. The van der Waals surface area contributed by atoms with Gasteiger partial charge >= 0.3 is 12.1 Å². The highest BCUT2D eigenvalue weighted by Gasteiger charge is 2.20. The van der Waals surface area contributed by atoms with Gasteiger partial charge in [-0.15, -0.1) is 0 Å². The van der Waals surface area contributed by atoms with E-state index in [2.05, 4.69) is 0 Å². The van der Waals surface area contributed by atoms with Crippen molar-refractivity contribution in [3.63, 3.8) is 0 Å². The Morgan fingerprint density at radius 3 is 2.27 bits per heavy atom. The molecule has 0 aliphatic carbocycles. The van der Waals surface area contributed by atoms with Crippen LogP contribution in [0.15, 0.2) is 54.6 Å². The fourth-order valence-corrected chi connectivity index (χ4v) is 1.85. The molecule has 0 bridgehead atoms. The number of anilines is 2. The van der Waals surface area contributed by atoms with Crippen LogP contribution in [0.4, 0.5) is 16.2 Å². The number of rotatable bonds is 5. The van der Waals surface area contributed by atoms with Gasteiger partial charge in [0.25, 0.3) is 0 Å². The molecule has 0 unspecified atom stereocenters. The highest BCUT2D eigenvalue weighted by Crippen LogP contribution is 2.17. The average Bonchev–Trinajstić information content (AvgIpc) is 2.52. The molecule has 1 amide bonds. The number of carboxylic acids is 1. The van der Waals surface area contributed by atoms with Gasteiger partial charge in [-0.3, -0.25) is 9.69 Å². The molecule has 0 saturated heterocycles. The van der Waals surface area contributed by atoms with Gasteiger partial charge < -0.3 is 15.6 Å². The van der Waals surface area contributed by atoms with Crippen molar-refractivity contribution in [2.24, 2.45) is 0 Å². The zero-order valence-corrected chi connectivity index (χ0v) is 11.8. The van der Waals surface area contributed by atoms with Gasteiger partial charge in [0.15, 0.2) is 0 Å². The van der Waals surface area contributed by atoms with E-state index >= 15 is 0 Å². The van der Waals surface area contributed by atoms with Gasteiger partial charge in [-0.1, -0.05) is 30.3 Å². The molecule has 0 aliphatic rings. The van der Waals surface area contributed by atoms with Crippen LogP contribution in [0.5, 0.6) is 0 Å². The lowest BCUT2D eigenvalue weighted by atomic mass is 10.2. The lowest BCUT2D eigenvalue weighted by molar-refractivity contribution is -0.135. The van der Waals surface area contributed by atoms with E-state index in [1.54, 1.807) is 24.3 Å². The van der Waals surface area contributed by atoms with E-state index in [1.165, 1.54) is 0 Å². The summed E-state index contributed by atoms with van der Waals surface area (Å²) in [7, 11) is 0. The molecule has 6 nitrogen and oxygen atoms in total. The highest BCUT2D eigenvalue weighted by atomic mass is 16.6. The van der Waals surface area contributed by atoms with Gasteiger partial charge in [-0.2, -0.15) is 0 Å². The summed E-state index contributed by atoms with van der Waals surface area (Å²) in [5.74, 6) is -1.13. The minimum Gasteiger partial charge on any atom is -0.480 e. The normalized spacial score (nSPS) is 10.0. The molecule has 22 heavy (non-hydrogen) atoms. The van der Waals surface area contributed by atoms with Crippen molar-refractivity contribution in [1.82, 2.24) is 0 Å². The maximum absolute atomic E-state index is 12.1. The number of carbonyl (C=O) groups excluding carboxylic acids is 1. The van der Waals surface area contributed by atoms with Crippen LogP contribution in [0.25, 0.3) is 0 Å². The van der Waals surface area contributed by atoms with E-state index in [9.17, 15) is 9.59 Å². The number of hydrogen-bond acceptors (Lipinski definition) is 4. The zero-order valence-electron chi connectivity index (χ0n) is 11.8. The van der Waals surface area contributed by atoms with Crippen molar-refractivity contribution >= 4 is 23.4 Å². The molecule has 0 radical (unpaired) electrons. The Morgan fingerprint density at radius 1 is 1.05 bits per heavy atom. The average molecular weight is 300 g/mol. The molecule has 0 aliphatic heterocycles. The van der Waals surface area contributed by atoms with Crippen LogP contribution < -0.4 is 10.6 Å². The molecule has 2 rings (SSSR count). The molecular weight excluding hydrogens is 284 g/mol. The quantitative estimate of drug-likeness (QED) is 0.828. The second kappa shape index (κ2) is 7.12. The minimum absolute atomic E-state index is 0.0742. The molecule has 6 heteroatoms. The van der Waals surface area contributed by atoms with Gasteiger partial charge in [-0.05, 0) is 29.8 Å². The Labute approximate surface area is 127 Å². The van der Waals surface area contributed by atoms with E-state index < -0.39 is 18.6 Å².